The number of nitrogens with zero attached hydrogens (tertiary/aromatic N) is 4. The molecule has 0 saturated carbocycles. The van der Waals surface area contributed by atoms with Crippen LogP contribution in [-0.2, 0) is 14.3 Å². The van der Waals surface area contributed by atoms with E-state index in [0.717, 1.165) is 11.4 Å². The van der Waals surface area contributed by atoms with Gasteiger partial charge < -0.3 is 19.9 Å². The maximum absolute atomic E-state index is 12.6. The third-order valence-corrected chi connectivity index (χ3v) is 5.19. The Morgan fingerprint density at radius 1 is 1.09 bits per heavy atom. The molecule has 0 bridgehead atoms. The second kappa shape index (κ2) is 10.3. The maximum Gasteiger partial charge on any atom is 0.306 e. The summed E-state index contributed by atoms with van der Waals surface area (Å²) in [6.07, 6.45) is 0.372. The lowest BCUT2D eigenvalue weighted by atomic mass is 10.2. The first-order valence-corrected chi connectivity index (χ1v) is 10.2. The van der Waals surface area contributed by atoms with Crippen LogP contribution in [0.4, 0.5) is 22.7 Å². The van der Waals surface area contributed by atoms with Gasteiger partial charge in [0, 0.05) is 33.1 Å². The minimum atomic E-state index is -0.592. The van der Waals surface area contributed by atoms with Crippen molar-refractivity contribution in [3.63, 3.8) is 0 Å². The van der Waals surface area contributed by atoms with E-state index in [1.807, 2.05) is 30.3 Å². The number of Topliss-reactive ketones (excluding diaryl/α,β-unsaturated/α-hetero) is 1. The number of esters is 1. The number of hydrogen-bond donors (Lipinski definition) is 1. The Kier molecular flexibility index (Phi) is 7.25. The summed E-state index contributed by atoms with van der Waals surface area (Å²) in [7, 11) is 3.52. The largest absolute Gasteiger partial charge is 0.457 e. The third-order valence-electron chi connectivity index (χ3n) is 5.19. The topological polar surface area (TPSA) is 129 Å². The average molecular weight is 449 g/mol. The zero-order chi connectivity index (χ0) is 24.0. The van der Waals surface area contributed by atoms with Gasteiger partial charge in [0.25, 0.3) is 5.69 Å². The number of ether oxygens (including phenoxy) is 1. The monoisotopic (exact) mass is 449 g/mol. The molecule has 3 rings (SSSR count). The van der Waals surface area contributed by atoms with Crippen molar-refractivity contribution < 1.29 is 19.2 Å². The fourth-order valence-electron chi connectivity index (χ4n) is 3.59. The molecule has 2 aromatic rings. The van der Waals surface area contributed by atoms with Crippen molar-refractivity contribution in [2.24, 2.45) is 0 Å². The number of carbonyl (C=O) groups is 2. The van der Waals surface area contributed by atoms with Gasteiger partial charge in [-0.3, -0.25) is 19.7 Å². The highest BCUT2D eigenvalue weighted by Gasteiger charge is 2.31. The van der Waals surface area contributed by atoms with Gasteiger partial charge in [0.1, 0.15) is 23.2 Å². The Labute approximate surface area is 190 Å². The molecule has 170 valence electrons. The zero-order valence-corrected chi connectivity index (χ0v) is 18.3. The Hall–Kier alpha value is -4.39. The van der Waals surface area contributed by atoms with Crippen molar-refractivity contribution in [2.75, 3.05) is 42.4 Å². The third kappa shape index (κ3) is 5.10. The van der Waals surface area contributed by atoms with Crippen LogP contribution >= 0.6 is 0 Å². The van der Waals surface area contributed by atoms with Crippen molar-refractivity contribution in [3.8, 4) is 6.07 Å². The van der Waals surface area contributed by atoms with E-state index < -0.39 is 23.3 Å². The Morgan fingerprint density at radius 2 is 1.70 bits per heavy atom. The second-order valence-corrected chi connectivity index (χ2v) is 7.31. The molecular weight excluding hydrogens is 426 g/mol. The number of fused-ring (bicyclic) bond motifs is 1. The molecule has 0 aliphatic carbocycles. The zero-order valence-electron chi connectivity index (χ0n) is 18.3. The number of nitro benzene ring substituents is 1. The maximum atomic E-state index is 12.6. The second-order valence-electron chi connectivity index (χ2n) is 7.31. The summed E-state index contributed by atoms with van der Waals surface area (Å²) in [6, 6.07) is 15.7. The predicted molar refractivity (Wildman–Crippen MR) is 123 cm³/mol. The molecule has 0 spiro atoms. The Bertz CT molecular complexity index is 1120. The minimum Gasteiger partial charge on any atom is -0.457 e. The number of anilines is 3. The molecule has 0 atom stereocenters. The van der Waals surface area contributed by atoms with Gasteiger partial charge in [0.15, 0.2) is 6.61 Å². The van der Waals surface area contributed by atoms with Crippen molar-refractivity contribution >= 4 is 34.5 Å². The number of rotatable bonds is 9. The van der Waals surface area contributed by atoms with E-state index in [1.54, 1.807) is 42.1 Å². The van der Waals surface area contributed by atoms with Gasteiger partial charge in [0.2, 0.25) is 5.78 Å². The van der Waals surface area contributed by atoms with Crippen LogP contribution < -0.4 is 15.1 Å². The first-order valence-electron chi connectivity index (χ1n) is 10.2. The minimum absolute atomic E-state index is 0.0185. The van der Waals surface area contributed by atoms with E-state index in [4.69, 9.17) is 4.74 Å². The lowest BCUT2D eigenvalue weighted by Crippen LogP contribution is -2.27. The molecule has 1 N–H and O–H groups in total. The Balaban J connectivity index is 1.52. The van der Waals surface area contributed by atoms with Gasteiger partial charge in [-0.1, -0.05) is 24.3 Å². The molecule has 0 amide bonds. The summed E-state index contributed by atoms with van der Waals surface area (Å²) in [5, 5.41) is 23.5. The number of para-hydroxylation sites is 4. The molecule has 1 aliphatic rings. The van der Waals surface area contributed by atoms with Crippen LogP contribution in [0.5, 0.6) is 0 Å². The highest BCUT2D eigenvalue weighted by molar-refractivity contribution is 6.03. The molecule has 0 aromatic heterocycles. The van der Waals surface area contributed by atoms with Gasteiger partial charge >= 0.3 is 5.97 Å². The van der Waals surface area contributed by atoms with E-state index >= 15 is 0 Å². The summed E-state index contributed by atoms with van der Waals surface area (Å²) < 4.78 is 5.06. The van der Waals surface area contributed by atoms with Gasteiger partial charge in [-0.15, -0.1) is 0 Å². The molecule has 0 fully saturated rings. The van der Waals surface area contributed by atoms with Crippen LogP contribution in [0, 0.1) is 21.4 Å². The molecule has 0 unspecified atom stereocenters. The fraction of sp³-hybridized carbons (Fsp3) is 0.261. The van der Waals surface area contributed by atoms with E-state index in [9.17, 15) is 25.0 Å². The molecule has 10 nitrogen and oxygen atoms in total. The smallest absolute Gasteiger partial charge is 0.306 e. The average Bonchev–Trinajstić information content (AvgIpc) is 3.06. The molecule has 2 aromatic carbocycles. The first-order chi connectivity index (χ1) is 15.8. The number of nitro groups is 1. The van der Waals surface area contributed by atoms with Gasteiger partial charge in [-0.2, -0.15) is 5.26 Å². The number of ketones is 1. The number of carbonyl (C=O) groups excluding carboxylic acids is 2. The lowest BCUT2D eigenvalue weighted by Gasteiger charge is -2.19. The summed E-state index contributed by atoms with van der Waals surface area (Å²) in [4.78, 5) is 38.7. The van der Waals surface area contributed by atoms with Gasteiger partial charge in [-0.05, 0) is 24.6 Å². The van der Waals surface area contributed by atoms with Gasteiger partial charge in [-0.25, -0.2) is 0 Å². The summed E-state index contributed by atoms with van der Waals surface area (Å²) in [6.45, 7) is -0.226. The van der Waals surface area contributed by atoms with Gasteiger partial charge in [0.05, 0.1) is 16.3 Å². The quantitative estimate of drug-likeness (QED) is 0.153. The number of hydrogen-bond acceptors (Lipinski definition) is 9. The van der Waals surface area contributed by atoms with Crippen LogP contribution in [0.2, 0.25) is 0 Å². The fourth-order valence-corrected chi connectivity index (χ4v) is 3.59. The van der Waals surface area contributed by atoms with Crippen LogP contribution in [0.25, 0.3) is 0 Å². The molecule has 33 heavy (non-hydrogen) atoms. The summed E-state index contributed by atoms with van der Waals surface area (Å²) in [5.74, 6) is -0.759. The number of nitriles is 1. The SMILES string of the molecule is CN1C(=C(C#N)C(=O)COC(=O)CCCNc2ccccc2[N+](=O)[O-])N(C)c2ccccc21. The lowest BCUT2D eigenvalue weighted by molar-refractivity contribution is -0.384. The number of benzene rings is 2. The Morgan fingerprint density at radius 3 is 2.30 bits per heavy atom. The normalized spacial score (nSPS) is 12.1. The van der Waals surface area contributed by atoms with E-state index in [2.05, 4.69) is 5.32 Å². The van der Waals surface area contributed by atoms with E-state index in [0.29, 0.717) is 24.5 Å². The first kappa shape index (κ1) is 23.3. The molecule has 0 radical (unpaired) electrons. The van der Waals surface area contributed by atoms with Crippen LogP contribution in [-0.4, -0.2) is 43.9 Å². The molecular formula is C23H23N5O5. The molecule has 1 heterocycles. The van der Waals surface area contributed by atoms with E-state index in [1.165, 1.54) is 6.07 Å². The number of nitrogens with one attached hydrogen (secondary N) is 1. The van der Waals surface area contributed by atoms with E-state index in [-0.39, 0.29) is 17.7 Å². The van der Waals surface area contributed by atoms with Crippen molar-refractivity contribution in [1.82, 2.24) is 0 Å². The van der Waals surface area contributed by atoms with Crippen molar-refractivity contribution in [1.29, 1.82) is 5.26 Å². The molecule has 10 heteroatoms. The summed E-state index contributed by atoms with van der Waals surface area (Å²) in [5.41, 5.74) is 1.94. The van der Waals surface area contributed by atoms with Crippen LogP contribution in [0.3, 0.4) is 0 Å². The standard InChI is InChI=1S/C23H23N5O5/c1-26-19-10-5-6-11-20(19)27(2)23(26)16(14-24)21(29)15-33-22(30)12-7-13-25-17-8-3-4-9-18(17)28(31)32/h3-6,8-11,25H,7,12-13,15H2,1-2H3. The highest BCUT2D eigenvalue weighted by Crippen LogP contribution is 2.40. The van der Waals surface area contributed by atoms with Crippen LogP contribution in [0.1, 0.15) is 12.8 Å². The summed E-state index contributed by atoms with van der Waals surface area (Å²) >= 11 is 0. The highest BCUT2D eigenvalue weighted by atomic mass is 16.6. The van der Waals surface area contributed by atoms with Crippen molar-refractivity contribution in [3.05, 3.63) is 70.0 Å². The molecule has 1 aliphatic heterocycles. The van der Waals surface area contributed by atoms with Crippen molar-refractivity contribution in [2.45, 2.75) is 12.8 Å². The molecule has 0 saturated heterocycles. The van der Waals surface area contributed by atoms with Crippen LogP contribution in [0.15, 0.2) is 59.9 Å². The predicted octanol–water partition coefficient (Wildman–Crippen LogP) is 3.22.